The van der Waals surface area contributed by atoms with Crippen molar-refractivity contribution in [2.24, 2.45) is 0 Å². The van der Waals surface area contributed by atoms with Crippen LogP contribution in [0.25, 0.3) is 0 Å². The Morgan fingerprint density at radius 3 is 1.84 bits per heavy atom. The molecule has 0 spiro atoms. The van der Waals surface area contributed by atoms with Crippen LogP contribution in [0.15, 0.2) is 61.7 Å². The number of carbonyl (C=O) groups excluding carboxylic acids is 2. The Morgan fingerprint density at radius 2 is 1.36 bits per heavy atom. The molecule has 3 unspecified atom stereocenters. The number of carbonyl (C=O) groups is 2. The lowest BCUT2D eigenvalue weighted by atomic mass is 9.89. The van der Waals surface area contributed by atoms with E-state index in [1.165, 1.54) is 0 Å². The lowest BCUT2D eigenvalue weighted by Crippen LogP contribution is -2.40. The number of esters is 2. The Kier molecular flexibility index (Phi) is 14.3. The standard InChI is InChI=1S/C37H52O8/c1-10-34(40)43-24-31(39)22-37(13-4,14-5)44-33-18-16-29(20-26(33)7)27(8)28-15-17-32(25(6)19-28)42-23-30(38)21-36(9,12-3)45-35(41)11-2/h10-11,15-20,27,30-31,38-39H,1-2,12-14,21-24H2,3-9H3/t27?,30?,31?,36-/m0/s1. The first-order valence-corrected chi connectivity index (χ1v) is 15.8. The Morgan fingerprint density at radius 1 is 0.822 bits per heavy atom. The van der Waals surface area contributed by atoms with Crippen molar-refractivity contribution in [3.63, 3.8) is 0 Å². The van der Waals surface area contributed by atoms with Gasteiger partial charge in [0.05, 0.1) is 12.2 Å². The highest BCUT2D eigenvalue weighted by Gasteiger charge is 2.33. The van der Waals surface area contributed by atoms with E-state index in [0.717, 1.165) is 40.2 Å². The van der Waals surface area contributed by atoms with Crippen molar-refractivity contribution < 1.29 is 38.7 Å². The molecule has 8 nitrogen and oxygen atoms in total. The van der Waals surface area contributed by atoms with Crippen molar-refractivity contribution in [3.8, 4) is 11.5 Å². The fraction of sp³-hybridized carbons (Fsp3) is 0.514. The summed E-state index contributed by atoms with van der Waals surface area (Å²) in [4.78, 5) is 23.1. The molecule has 0 bridgehead atoms. The maximum absolute atomic E-state index is 11.7. The highest BCUT2D eigenvalue weighted by Crippen LogP contribution is 2.35. The molecule has 0 amide bonds. The second-order valence-corrected chi connectivity index (χ2v) is 12.1. The average Bonchev–Trinajstić information content (AvgIpc) is 3.02. The SMILES string of the molecule is C=CC(=O)OCC(O)CC(CC)(CC)Oc1ccc(C(C)c2ccc(OCC(O)C[C@](C)(CC)OC(=O)C=C)c(C)c2)cc1C. The number of rotatable bonds is 19. The lowest BCUT2D eigenvalue weighted by Gasteiger charge is -2.35. The van der Waals surface area contributed by atoms with E-state index in [-0.39, 0.29) is 25.6 Å². The number of aryl methyl sites for hydroxylation is 2. The van der Waals surface area contributed by atoms with Crippen LogP contribution in [0.4, 0.5) is 0 Å². The summed E-state index contributed by atoms with van der Waals surface area (Å²) in [5.74, 6) is 0.459. The van der Waals surface area contributed by atoms with Crippen molar-refractivity contribution >= 4 is 11.9 Å². The number of benzene rings is 2. The van der Waals surface area contributed by atoms with Crippen molar-refractivity contribution in [1.29, 1.82) is 0 Å². The Hall–Kier alpha value is -3.62. The molecule has 0 saturated carbocycles. The molecular weight excluding hydrogens is 572 g/mol. The first-order valence-electron chi connectivity index (χ1n) is 15.8. The zero-order valence-corrected chi connectivity index (χ0v) is 28.1. The van der Waals surface area contributed by atoms with Gasteiger partial charge in [-0.2, -0.15) is 0 Å². The van der Waals surface area contributed by atoms with Gasteiger partial charge in [-0.25, -0.2) is 9.59 Å². The molecule has 0 saturated heterocycles. The quantitative estimate of drug-likeness (QED) is 0.128. The highest BCUT2D eigenvalue weighted by molar-refractivity contribution is 5.81. The molecule has 0 aromatic heterocycles. The van der Waals surface area contributed by atoms with E-state index in [1.54, 1.807) is 6.92 Å². The summed E-state index contributed by atoms with van der Waals surface area (Å²) in [7, 11) is 0. The van der Waals surface area contributed by atoms with Gasteiger partial charge in [-0.3, -0.25) is 0 Å². The molecule has 45 heavy (non-hydrogen) atoms. The van der Waals surface area contributed by atoms with Crippen LogP contribution in [-0.2, 0) is 19.1 Å². The number of aliphatic hydroxyl groups is 2. The van der Waals surface area contributed by atoms with Crippen LogP contribution in [0.2, 0.25) is 0 Å². The zero-order chi connectivity index (χ0) is 33.8. The van der Waals surface area contributed by atoms with Crippen molar-refractivity contribution in [2.75, 3.05) is 13.2 Å². The largest absolute Gasteiger partial charge is 0.491 e. The molecule has 2 N–H and O–H groups in total. The molecule has 0 aliphatic carbocycles. The average molecular weight is 625 g/mol. The minimum absolute atomic E-state index is 0.0750. The molecule has 248 valence electrons. The van der Waals surface area contributed by atoms with E-state index in [4.69, 9.17) is 18.9 Å². The number of ether oxygens (including phenoxy) is 4. The smallest absolute Gasteiger partial charge is 0.330 e. The number of hydrogen-bond acceptors (Lipinski definition) is 8. The van der Waals surface area contributed by atoms with Gasteiger partial charge in [0.15, 0.2) is 0 Å². The molecule has 2 aromatic rings. The predicted octanol–water partition coefficient (Wildman–Crippen LogP) is 6.90. The van der Waals surface area contributed by atoms with Crippen molar-refractivity contribution in [3.05, 3.63) is 84.0 Å². The maximum Gasteiger partial charge on any atom is 0.330 e. The van der Waals surface area contributed by atoms with Gasteiger partial charge in [0.1, 0.15) is 35.9 Å². The molecule has 2 rings (SSSR count). The van der Waals surface area contributed by atoms with E-state index >= 15 is 0 Å². The highest BCUT2D eigenvalue weighted by atomic mass is 16.6. The van der Waals surface area contributed by atoms with Crippen LogP contribution >= 0.6 is 0 Å². The molecular formula is C37H52O8. The molecule has 2 aromatic carbocycles. The van der Waals surface area contributed by atoms with Gasteiger partial charge in [0.2, 0.25) is 0 Å². The van der Waals surface area contributed by atoms with Crippen LogP contribution in [0, 0.1) is 13.8 Å². The minimum atomic E-state index is -0.856. The summed E-state index contributed by atoms with van der Waals surface area (Å²) < 4.78 is 22.9. The van der Waals surface area contributed by atoms with Crippen LogP contribution < -0.4 is 9.47 Å². The monoisotopic (exact) mass is 624 g/mol. The molecule has 0 aliphatic rings. The summed E-state index contributed by atoms with van der Waals surface area (Å²) >= 11 is 0. The second kappa shape index (κ2) is 17.2. The van der Waals surface area contributed by atoms with E-state index in [2.05, 4.69) is 38.3 Å². The summed E-state index contributed by atoms with van der Waals surface area (Å²) in [6, 6.07) is 12.2. The van der Waals surface area contributed by atoms with Crippen molar-refractivity contribution in [2.45, 2.75) is 110 Å². The van der Waals surface area contributed by atoms with Crippen LogP contribution in [0.3, 0.4) is 0 Å². The summed E-state index contributed by atoms with van der Waals surface area (Å²) in [6.45, 7) is 20.7. The number of hydrogen-bond donors (Lipinski definition) is 2. The lowest BCUT2D eigenvalue weighted by molar-refractivity contribution is -0.155. The van der Waals surface area contributed by atoms with E-state index in [0.29, 0.717) is 31.4 Å². The fourth-order valence-corrected chi connectivity index (χ4v) is 5.32. The third-order valence-corrected chi connectivity index (χ3v) is 8.57. The van der Waals surface area contributed by atoms with Gasteiger partial charge >= 0.3 is 11.9 Å². The number of aliphatic hydroxyl groups excluding tert-OH is 2. The first kappa shape index (κ1) is 37.6. The topological polar surface area (TPSA) is 112 Å². The third kappa shape index (κ3) is 11.0. The van der Waals surface area contributed by atoms with E-state index in [9.17, 15) is 19.8 Å². The summed E-state index contributed by atoms with van der Waals surface area (Å²) in [5.41, 5.74) is 2.78. The van der Waals surface area contributed by atoms with Gasteiger partial charge in [-0.05, 0) is 74.4 Å². The van der Waals surface area contributed by atoms with Crippen LogP contribution in [0.1, 0.15) is 94.9 Å². The zero-order valence-electron chi connectivity index (χ0n) is 28.1. The van der Waals surface area contributed by atoms with Gasteiger partial charge in [0, 0.05) is 30.9 Å². The molecule has 8 heteroatoms. The molecule has 4 atom stereocenters. The van der Waals surface area contributed by atoms with Crippen LogP contribution in [-0.4, -0.2) is 58.8 Å². The maximum atomic E-state index is 11.7. The molecule has 0 fully saturated rings. The van der Waals surface area contributed by atoms with E-state index < -0.39 is 35.3 Å². The predicted molar refractivity (Wildman–Crippen MR) is 177 cm³/mol. The van der Waals surface area contributed by atoms with Gasteiger partial charge < -0.3 is 29.2 Å². The normalized spacial score (nSPS) is 14.8. The Labute approximate surface area is 269 Å². The molecule has 0 aliphatic heterocycles. The minimum Gasteiger partial charge on any atom is -0.491 e. The third-order valence-electron chi connectivity index (χ3n) is 8.57. The Bertz CT molecular complexity index is 1300. The first-order chi connectivity index (χ1) is 21.2. The summed E-state index contributed by atoms with van der Waals surface area (Å²) in [6.07, 6.45) is 3.02. The molecule has 0 heterocycles. The van der Waals surface area contributed by atoms with Crippen molar-refractivity contribution in [1.82, 2.24) is 0 Å². The van der Waals surface area contributed by atoms with E-state index in [1.807, 2.05) is 52.8 Å². The van der Waals surface area contributed by atoms with Crippen LogP contribution in [0.5, 0.6) is 11.5 Å². The molecule has 0 radical (unpaired) electrons. The van der Waals surface area contributed by atoms with Gasteiger partial charge in [-0.15, -0.1) is 0 Å². The fourth-order valence-electron chi connectivity index (χ4n) is 5.32. The van der Waals surface area contributed by atoms with Gasteiger partial charge in [-0.1, -0.05) is 65.1 Å². The van der Waals surface area contributed by atoms with Gasteiger partial charge in [0.25, 0.3) is 0 Å². The Balaban J connectivity index is 2.09. The second-order valence-electron chi connectivity index (χ2n) is 12.1. The summed E-state index contributed by atoms with van der Waals surface area (Å²) in [5, 5.41) is 21.2.